The van der Waals surface area contributed by atoms with E-state index in [1.807, 2.05) is 30.3 Å². The lowest BCUT2D eigenvalue weighted by molar-refractivity contribution is 1.45. The van der Waals surface area contributed by atoms with E-state index >= 15 is 0 Å². The fourth-order valence-corrected chi connectivity index (χ4v) is 15.4. The van der Waals surface area contributed by atoms with Crippen molar-refractivity contribution in [3.8, 4) is 145 Å². The average molecular weight is 1630 g/mol. The van der Waals surface area contributed by atoms with E-state index < -0.39 is 0 Å². The lowest BCUT2D eigenvalue weighted by atomic mass is 9.96. The second-order valence-corrected chi connectivity index (χ2v) is 32.0. The van der Waals surface area contributed by atoms with E-state index in [0.29, 0.717) is 0 Å². The highest BCUT2D eigenvalue weighted by molar-refractivity contribution is 5.79. The van der Waals surface area contributed by atoms with Gasteiger partial charge in [-0.2, -0.15) is 0 Å². The molecule has 0 unspecified atom stereocenters. The molecular formula is C127H108. The Morgan fingerprint density at radius 3 is 0.567 bits per heavy atom. The summed E-state index contributed by atoms with van der Waals surface area (Å²) in [5.74, 6) is 0. The summed E-state index contributed by atoms with van der Waals surface area (Å²) in [5, 5.41) is 0. The van der Waals surface area contributed by atoms with Crippen molar-refractivity contribution in [3.05, 3.63) is 567 Å². The first kappa shape index (κ1) is 87.7. The van der Waals surface area contributed by atoms with Crippen molar-refractivity contribution in [2.45, 2.75) is 48.5 Å². The fourth-order valence-electron chi connectivity index (χ4n) is 15.4. The van der Waals surface area contributed by atoms with Gasteiger partial charge in [0.15, 0.2) is 0 Å². The Labute approximate surface area is 754 Å². The Morgan fingerprint density at radius 1 is 0.0866 bits per heavy atom. The van der Waals surface area contributed by atoms with Crippen LogP contribution in [0.4, 0.5) is 0 Å². The van der Waals surface area contributed by atoms with Crippen LogP contribution >= 0.6 is 0 Å². The van der Waals surface area contributed by atoms with Crippen LogP contribution in [-0.2, 0) is 0 Å². The van der Waals surface area contributed by atoms with Gasteiger partial charge in [-0.3, -0.25) is 0 Å². The predicted octanol–water partition coefficient (Wildman–Crippen LogP) is 35.6. The summed E-state index contributed by atoms with van der Waals surface area (Å²) in [6.07, 6.45) is 0. The maximum absolute atomic E-state index is 2.26. The molecule has 20 rings (SSSR count). The molecular weight excluding hydrogens is 1530 g/mol. The van der Waals surface area contributed by atoms with Gasteiger partial charge in [0, 0.05) is 0 Å². The van der Waals surface area contributed by atoms with Gasteiger partial charge < -0.3 is 0 Å². The lowest BCUT2D eigenvalue weighted by Gasteiger charge is -2.09. The van der Waals surface area contributed by atoms with Gasteiger partial charge in [-0.1, -0.05) is 532 Å². The third-order valence-electron chi connectivity index (χ3n) is 22.3. The third-order valence-corrected chi connectivity index (χ3v) is 22.3. The normalized spacial score (nSPS) is 10.3. The summed E-state index contributed by atoms with van der Waals surface area (Å²) < 4.78 is 0. The monoisotopic (exact) mass is 1630 g/mol. The summed E-state index contributed by atoms with van der Waals surface area (Å²) in [4.78, 5) is 0. The predicted molar refractivity (Wildman–Crippen MR) is 549 cm³/mol. The zero-order valence-electron chi connectivity index (χ0n) is 73.7. The van der Waals surface area contributed by atoms with Gasteiger partial charge in [0.25, 0.3) is 0 Å². The molecule has 20 aromatic carbocycles. The molecule has 0 saturated heterocycles. The molecule has 0 nitrogen and oxygen atoms in total. The minimum Gasteiger partial charge on any atom is -0.0622 e. The van der Waals surface area contributed by atoms with E-state index in [4.69, 9.17) is 0 Å². The highest BCUT2D eigenvalue weighted by Crippen LogP contribution is 2.35. The van der Waals surface area contributed by atoms with Gasteiger partial charge >= 0.3 is 0 Å². The van der Waals surface area contributed by atoms with Crippen LogP contribution in [0.2, 0.25) is 0 Å². The molecule has 20 aromatic rings. The van der Waals surface area contributed by atoms with Crippen molar-refractivity contribution in [3.63, 3.8) is 0 Å². The van der Waals surface area contributed by atoms with Crippen LogP contribution in [-0.4, -0.2) is 0 Å². The van der Waals surface area contributed by atoms with Crippen molar-refractivity contribution in [1.29, 1.82) is 0 Å². The molecule has 0 heteroatoms. The van der Waals surface area contributed by atoms with Gasteiger partial charge in [0.1, 0.15) is 0 Å². The molecule has 616 valence electrons. The maximum Gasteiger partial charge on any atom is -0.0154 e. The van der Waals surface area contributed by atoms with E-state index in [-0.39, 0.29) is 0 Å². The van der Waals surface area contributed by atoms with Crippen LogP contribution in [0.5, 0.6) is 0 Å². The zero-order chi connectivity index (χ0) is 87.6. The molecule has 0 spiro atoms. The Hall–Kier alpha value is -15.6. The van der Waals surface area contributed by atoms with Gasteiger partial charge in [0.05, 0.1) is 0 Å². The first-order valence-corrected chi connectivity index (χ1v) is 43.8. The molecule has 0 N–H and O–H groups in total. The van der Waals surface area contributed by atoms with E-state index in [1.165, 1.54) is 184 Å². The molecule has 0 heterocycles. The molecule has 0 saturated carbocycles. The van der Waals surface area contributed by atoms with Crippen molar-refractivity contribution < 1.29 is 0 Å². The SMILES string of the molecule is Cc1cc(-c2ccccc2)cc(-c2ccccc2)c1.Cc1cc(-c2ccccc2)ccc1-c1ccccc1.Cc1ccc(-c2ccc(-c3ccccc3)cc2)cc1.Cc1ccc(-c2cccc(-c3ccccc3)c2)cc1.Cc1cccc(-c2ccc(-c3ccccc3)cc2)c1.Cc1cccc(-c2cccc(-c3ccccc3)c2)c1.Cc1ccccc1-c1ccccc1. The number of aryl methyl sites for hydroxylation is 7. The van der Waals surface area contributed by atoms with Crippen molar-refractivity contribution in [1.82, 2.24) is 0 Å². The summed E-state index contributed by atoms with van der Waals surface area (Å²) >= 11 is 0. The molecule has 127 heavy (non-hydrogen) atoms. The van der Waals surface area contributed by atoms with Crippen molar-refractivity contribution in [2.24, 2.45) is 0 Å². The quantitative estimate of drug-likeness (QED) is 0.108. The van der Waals surface area contributed by atoms with Crippen LogP contribution < -0.4 is 0 Å². The average Bonchev–Trinajstić information content (AvgIpc) is 0.926. The van der Waals surface area contributed by atoms with Crippen LogP contribution in [0.15, 0.2) is 528 Å². The topological polar surface area (TPSA) is 0 Å². The minimum absolute atomic E-state index is 1.26. The number of benzene rings is 20. The molecule has 0 aromatic heterocycles. The highest BCUT2D eigenvalue weighted by Gasteiger charge is 2.10. The van der Waals surface area contributed by atoms with E-state index in [0.717, 1.165) is 0 Å². The highest BCUT2D eigenvalue weighted by atomic mass is 14.1. The Bertz CT molecular complexity index is 6630. The fraction of sp³-hybridized carbons (Fsp3) is 0.0551. The molecule has 0 radical (unpaired) electrons. The van der Waals surface area contributed by atoms with E-state index in [2.05, 4.69) is 546 Å². The number of hydrogen-bond acceptors (Lipinski definition) is 0. The Balaban J connectivity index is 0.000000120. The molecule has 0 aliphatic rings. The molecule has 0 atom stereocenters. The number of rotatable bonds is 13. The van der Waals surface area contributed by atoms with Crippen LogP contribution in [0.25, 0.3) is 145 Å². The largest absolute Gasteiger partial charge is 0.0622 e. The van der Waals surface area contributed by atoms with Gasteiger partial charge in [-0.15, -0.1) is 0 Å². The van der Waals surface area contributed by atoms with E-state index in [9.17, 15) is 0 Å². The first-order valence-electron chi connectivity index (χ1n) is 43.8. The minimum atomic E-state index is 1.26. The molecule has 0 aliphatic heterocycles. The summed E-state index contributed by atoms with van der Waals surface area (Å²) in [6.45, 7) is 15.0. The smallest absolute Gasteiger partial charge is 0.0154 e. The van der Waals surface area contributed by atoms with Gasteiger partial charge in [0.2, 0.25) is 0 Å². The zero-order valence-corrected chi connectivity index (χ0v) is 73.7. The Kier molecular flexibility index (Phi) is 31.4. The van der Waals surface area contributed by atoms with E-state index in [1.54, 1.807) is 0 Å². The summed E-state index contributed by atoms with van der Waals surface area (Å²) in [7, 11) is 0. The maximum atomic E-state index is 2.26. The van der Waals surface area contributed by atoms with Crippen molar-refractivity contribution in [2.75, 3.05) is 0 Å². The summed E-state index contributed by atoms with van der Waals surface area (Å²) in [6, 6.07) is 186. The van der Waals surface area contributed by atoms with Gasteiger partial charge in [-0.25, -0.2) is 0 Å². The van der Waals surface area contributed by atoms with Gasteiger partial charge in [-0.05, 0) is 228 Å². The molecule has 0 amide bonds. The van der Waals surface area contributed by atoms with Crippen LogP contribution in [0.1, 0.15) is 38.9 Å². The van der Waals surface area contributed by atoms with Crippen molar-refractivity contribution >= 4 is 0 Å². The first-order chi connectivity index (χ1) is 62.4. The molecule has 0 aliphatic carbocycles. The third kappa shape index (κ3) is 25.8. The summed E-state index contributed by atoms with van der Waals surface area (Å²) in [5.41, 5.74) is 42.2. The second kappa shape index (κ2) is 45.5. The second-order valence-electron chi connectivity index (χ2n) is 32.0. The van der Waals surface area contributed by atoms with Crippen LogP contribution in [0, 0.1) is 48.5 Å². The molecule has 0 fully saturated rings. The molecule has 0 bridgehead atoms. The standard InChI is InChI=1S/6C19H16.C13H12/c1-15-12-18(16-8-4-2-5-9-16)14-19(13-15)17-10-6-3-7-11-17;1-15-14-18(16-8-4-2-5-9-16)12-13-19(15)17-10-6-3-7-11-17;1-15-7-5-10-17(13-15)19-12-6-11-18(14-19)16-8-3-2-4-9-16;1-15-6-5-9-19(14-15)18-12-10-17(11-13-18)16-7-3-2-4-8-16;1-15-10-12-17(13-11-15)19-9-5-8-18(14-19)16-6-3-2-4-7-16;1-15-7-9-17(10-8-15)19-13-11-18(12-14-19)16-5-3-2-4-6-16;1-11-7-5-6-10-13(11)12-8-3-2-4-9-12/h6*2-14H,1H3;2-10H,1H3. The Morgan fingerprint density at radius 2 is 0.268 bits per heavy atom. The number of hydrogen-bond donors (Lipinski definition) is 0. The van der Waals surface area contributed by atoms with Crippen LogP contribution in [0.3, 0.4) is 0 Å². The lowest BCUT2D eigenvalue weighted by Crippen LogP contribution is -1.85.